The second kappa shape index (κ2) is 9.77. The van der Waals surface area contributed by atoms with Gasteiger partial charge in [-0.05, 0) is 48.4 Å². The predicted octanol–water partition coefficient (Wildman–Crippen LogP) is 2.94. The van der Waals surface area contributed by atoms with Crippen molar-refractivity contribution in [2.45, 2.75) is 30.9 Å². The van der Waals surface area contributed by atoms with E-state index in [2.05, 4.69) is 14.9 Å². The van der Waals surface area contributed by atoms with Crippen molar-refractivity contribution < 1.29 is 22.7 Å². The van der Waals surface area contributed by atoms with Crippen molar-refractivity contribution in [3.8, 4) is 11.5 Å². The molecule has 0 saturated carbocycles. The SMILES string of the molecule is Cc1cc(N2CCOc3ccc(O[C@H]4CCN(C(=O)Cc5ccncc5)C4)cc32)cnc1S(C)(=O)=O. The average molecular weight is 509 g/mol. The molecule has 5 rings (SSSR count). The number of benzene rings is 1. The van der Waals surface area contributed by atoms with E-state index in [0.29, 0.717) is 44.0 Å². The maximum atomic E-state index is 12.7. The molecule has 1 aromatic carbocycles. The molecule has 1 fully saturated rings. The van der Waals surface area contributed by atoms with Crippen LogP contribution < -0.4 is 14.4 Å². The van der Waals surface area contributed by atoms with E-state index in [1.54, 1.807) is 25.5 Å². The van der Waals surface area contributed by atoms with E-state index in [1.165, 1.54) is 0 Å². The Morgan fingerprint density at radius 3 is 2.72 bits per heavy atom. The molecule has 2 aliphatic rings. The molecule has 188 valence electrons. The van der Waals surface area contributed by atoms with Crippen molar-refractivity contribution in [1.82, 2.24) is 14.9 Å². The van der Waals surface area contributed by atoms with Gasteiger partial charge in [-0.15, -0.1) is 0 Å². The summed E-state index contributed by atoms with van der Waals surface area (Å²) >= 11 is 0. The quantitative estimate of drug-likeness (QED) is 0.501. The maximum Gasteiger partial charge on any atom is 0.227 e. The maximum absolute atomic E-state index is 12.7. The zero-order valence-electron chi connectivity index (χ0n) is 20.3. The van der Waals surface area contributed by atoms with E-state index in [4.69, 9.17) is 9.47 Å². The molecule has 2 aromatic heterocycles. The van der Waals surface area contributed by atoms with Gasteiger partial charge in [0.1, 0.15) is 24.2 Å². The normalized spacial score (nSPS) is 17.4. The topological polar surface area (TPSA) is 102 Å². The van der Waals surface area contributed by atoms with Crippen LogP contribution in [-0.2, 0) is 21.1 Å². The zero-order valence-corrected chi connectivity index (χ0v) is 21.1. The number of fused-ring (bicyclic) bond motifs is 1. The number of pyridine rings is 2. The highest BCUT2D eigenvalue weighted by Gasteiger charge is 2.28. The standard InChI is InChI=1S/C26H28N4O5S/c1-18-13-20(16-28-26(18)36(2,32)33)30-11-12-34-24-4-3-21(15-23(24)30)35-22-7-10-29(17-22)25(31)14-19-5-8-27-9-6-19/h3-6,8-9,13,15-16,22H,7,10-12,14,17H2,1-2H3/t22-/m0/s1. The summed E-state index contributed by atoms with van der Waals surface area (Å²) in [5.41, 5.74) is 3.16. The van der Waals surface area contributed by atoms with Crippen LogP contribution >= 0.6 is 0 Å². The van der Waals surface area contributed by atoms with Crippen molar-refractivity contribution in [3.63, 3.8) is 0 Å². The highest BCUT2D eigenvalue weighted by molar-refractivity contribution is 7.90. The fraction of sp³-hybridized carbons (Fsp3) is 0.346. The van der Waals surface area contributed by atoms with Crippen molar-refractivity contribution in [3.05, 3.63) is 66.1 Å². The van der Waals surface area contributed by atoms with Crippen LogP contribution in [0, 0.1) is 6.92 Å². The first-order valence-corrected chi connectivity index (χ1v) is 13.7. The van der Waals surface area contributed by atoms with E-state index < -0.39 is 9.84 Å². The van der Waals surface area contributed by atoms with Crippen molar-refractivity contribution in [2.75, 3.05) is 37.4 Å². The van der Waals surface area contributed by atoms with Crippen LogP contribution in [0.2, 0.25) is 0 Å². The van der Waals surface area contributed by atoms with Crippen LogP contribution in [-0.4, -0.2) is 67.8 Å². The fourth-order valence-electron chi connectivity index (χ4n) is 4.65. The minimum atomic E-state index is -3.40. The molecule has 10 heteroatoms. The number of sulfone groups is 1. The number of carbonyl (C=O) groups is 1. The summed E-state index contributed by atoms with van der Waals surface area (Å²) in [5.74, 6) is 1.49. The van der Waals surface area contributed by atoms with E-state index >= 15 is 0 Å². The van der Waals surface area contributed by atoms with Gasteiger partial charge < -0.3 is 19.3 Å². The van der Waals surface area contributed by atoms with Gasteiger partial charge in [-0.25, -0.2) is 13.4 Å². The van der Waals surface area contributed by atoms with Crippen molar-refractivity contribution >= 4 is 27.1 Å². The molecular formula is C26H28N4O5S. The summed E-state index contributed by atoms with van der Waals surface area (Å²) < 4.78 is 36.0. The van der Waals surface area contributed by atoms with Gasteiger partial charge in [-0.3, -0.25) is 9.78 Å². The van der Waals surface area contributed by atoms with Crippen LogP contribution in [0.15, 0.2) is 60.0 Å². The number of ether oxygens (including phenoxy) is 2. The van der Waals surface area contributed by atoms with E-state index in [0.717, 1.165) is 35.4 Å². The Hall–Kier alpha value is -3.66. The van der Waals surface area contributed by atoms with Crippen molar-refractivity contribution in [1.29, 1.82) is 0 Å². The lowest BCUT2D eigenvalue weighted by Crippen LogP contribution is -2.32. The Kier molecular flexibility index (Phi) is 6.53. The summed E-state index contributed by atoms with van der Waals surface area (Å²) in [6, 6.07) is 11.2. The number of aromatic nitrogens is 2. The highest BCUT2D eigenvalue weighted by atomic mass is 32.2. The summed E-state index contributed by atoms with van der Waals surface area (Å²) in [6.07, 6.45) is 7.14. The van der Waals surface area contributed by atoms with Crippen LogP contribution in [0.1, 0.15) is 17.5 Å². The molecule has 3 aromatic rings. The monoisotopic (exact) mass is 508 g/mol. The minimum Gasteiger partial charge on any atom is -0.490 e. The molecule has 9 nitrogen and oxygen atoms in total. The first-order valence-electron chi connectivity index (χ1n) is 11.8. The second-order valence-electron chi connectivity index (χ2n) is 9.12. The van der Waals surface area contributed by atoms with Crippen LogP contribution in [0.3, 0.4) is 0 Å². The molecule has 0 spiro atoms. The Morgan fingerprint density at radius 2 is 1.97 bits per heavy atom. The lowest BCUT2D eigenvalue weighted by atomic mass is 10.2. The third-order valence-electron chi connectivity index (χ3n) is 6.38. The molecule has 1 atom stereocenters. The number of aryl methyl sites for hydroxylation is 1. The second-order valence-corrected chi connectivity index (χ2v) is 11.0. The third-order valence-corrected chi connectivity index (χ3v) is 7.51. The minimum absolute atomic E-state index is 0.0812. The Bertz CT molecular complexity index is 1380. The zero-order chi connectivity index (χ0) is 25.3. The Balaban J connectivity index is 1.29. The number of likely N-dealkylation sites (tertiary alicyclic amines) is 1. The van der Waals surface area contributed by atoms with Gasteiger partial charge >= 0.3 is 0 Å². The third kappa shape index (κ3) is 5.13. The van der Waals surface area contributed by atoms with Crippen LogP contribution in [0.4, 0.5) is 11.4 Å². The number of rotatable bonds is 6. The first-order chi connectivity index (χ1) is 17.3. The molecule has 4 heterocycles. The molecule has 0 unspecified atom stereocenters. The summed E-state index contributed by atoms with van der Waals surface area (Å²) in [5, 5.41) is 0.0843. The first kappa shape index (κ1) is 24.1. The van der Waals surface area contributed by atoms with Gasteiger partial charge in [0, 0.05) is 37.7 Å². The number of nitrogens with zero attached hydrogens (tertiary/aromatic N) is 4. The molecule has 2 aliphatic heterocycles. The van der Waals surface area contributed by atoms with Gasteiger partial charge in [0.2, 0.25) is 5.91 Å². The van der Waals surface area contributed by atoms with E-state index in [-0.39, 0.29) is 17.0 Å². The lowest BCUT2D eigenvalue weighted by molar-refractivity contribution is -0.129. The number of amides is 1. The molecule has 1 amide bonds. The number of hydrogen-bond acceptors (Lipinski definition) is 8. The molecule has 0 bridgehead atoms. The fourth-order valence-corrected chi connectivity index (χ4v) is 5.54. The number of hydrogen-bond donors (Lipinski definition) is 0. The van der Waals surface area contributed by atoms with E-state index in [9.17, 15) is 13.2 Å². The van der Waals surface area contributed by atoms with Gasteiger partial charge in [-0.2, -0.15) is 0 Å². The molecule has 0 radical (unpaired) electrons. The molecule has 0 N–H and O–H groups in total. The Labute approximate surface area is 210 Å². The average Bonchev–Trinajstić information content (AvgIpc) is 3.32. The summed E-state index contributed by atoms with van der Waals surface area (Å²) in [4.78, 5) is 24.8. The van der Waals surface area contributed by atoms with Gasteiger partial charge in [0.25, 0.3) is 0 Å². The Morgan fingerprint density at radius 1 is 1.17 bits per heavy atom. The summed E-state index contributed by atoms with van der Waals surface area (Å²) in [6.45, 7) is 4.03. The molecule has 36 heavy (non-hydrogen) atoms. The predicted molar refractivity (Wildman–Crippen MR) is 135 cm³/mol. The molecule has 0 aliphatic carbocycles. The molecular weight excluding hydrogens is 480 g/mol. The lowest BCUT2D eigenvalue weighted by Gasteiger charge is -2.32. The smallest absolute Gasteiger partial charge is 0.227 e. The van der Waals surface area contributed by atoms with Crippen LogP contribution in [0.5, 0.6) is 11.5 Å². The largest absolute Gasteiger partial charge is 0.490 e. The van der Waals surface area contributed by atoms with Crippen molar-refractivity contribution in [2.24, 2.45) is 0 Å². The van der Waals surface area contributed by atoms with Gasteiger partial charge in [0.15, 0.2) is 14.9 Å². The number of carbonyl (C=O) groups excluding carboxylic acids is 1. The van der Waals surface area contributed by atoms with Gasteiger partial charge in [0.05, 0.1) is 37.1 Å². The number of anilines is 2. The summed E-state index contributed by atoms with van der Waals surface area (Å²) in [7, 11) is -3.40. The molecule has 1 saturated heterocycles. The van der Waals surface area contributed by atoms with Crippen LogP contribution in [0.25, 0.3) is 0 Å². The highest BCUT2D eigenvalue weighted by Crippen LogP contribution is 2.40. The van der Waals surface area contributed by atoms with Gasteiger partial charge in [-0.1, -0.05) is 0 Å². The van der Waals surface area contributed by atoms with E-state index in [1.807, 2.05) is 41.3 Å².